The van der Waals surface area contributed by atoms with E-state index in [4.69, 9.17) is 18.9 Å². The van der Waals surface area contributed by atoms with Crippen molar-refractivity contribution in [1.82, 2.24) is 0 Å². The van der Waals surface area contributed by atoms with Crippen molar-refractivity contribution < 1.29 is 18.9 Å². The second-order valence-corrected chi connectivity index (χ2v) is 7.52. The molecule has 128 valence electrons. The van der Waals surface area contributed by atoms with E-state index in [0.29, 0.717) is 0 Å². The molecule has 2 heterocycles. The Morgan fingerprint density at radius 2 is 1.78 bits per heavy atom. The first-order valence-corrected chi connectivity index (χ1v) is 8.58. The Morgan fingerprint density at radius 1 is 1.09 bits per heavy atom. The molecule has 0 aliphatic carbocycles. The fourth-order valence-electron chi connectivity index (χ4n) is 3.55. The first-order chi connectivity index (χ1) is 10.9. The van der Waals surface area contributed by atoms with Gasteiger partial charge in [0.15, 0.2) is 6.29 Å². The zero-order chi connectivity index (χ0) is 16.5. The third-order valence-electron chi connectivity index (χ3n) is 4.51. The van der Waals surface area contributed by atoms with Gasteiger partial charge in [0.1, 0.15) is 5.75 Å². The van der Waals surface area contributed by atoms with Crippen molar-refractivity contribution in [3.8, 4) is 5.75 Å². The molecule has 1 aromatic carbocycles. The highest BCUT2D eigenvalue weighted by Crippen LogP contribution is 2.43. The summed E-state index contributed by atoms with van der Waals surface area (Å²) in [5.74, 6) is 0.876. The Balaban J connectivity index is 1.71. The molecule has 2 atom stereocenters. The van der Waals surface area contributed by atoms with Crippen molar-refractivity contribution in [2.75, 3.05) is 13.2 Å². The lowest BCUT2D eigenvalue weighted by Crippen LogP contribution is -2.50. The highest BCUT2D eigenvalue weighted by Gasteiger charge is 2.45. The van der Waals surface area contributed by atoms with Crippen LogP contribution < -0.4 is 4.74 Å². The van der Waals surface area contributed by atoms with Gasteiger partial charge in [-0.15, -0.1) is 0 Å². The van der Waals surface area contributed by atoms with Gasteiger partial charge in [0, 0.05) is 24.8 Å². The lowest BCUT2D eigenvalue weighted by atomic mass is 9.81. The molecule has 3 rings (SSSR count). The Morgan fingerprint density at radius 3 is 2.43 bits per heavy atom. The molecule has 0 radical (unpaired) electrons. The third kappa shape index (κ3) is 4.06. The fraction of sp³-hybridized carbons (Fsp3) is 0.684. The van der Waals surface area contributed by atoms with E-state index in [2.05, 4.69) is 13.8 Å². The van der Waals surface area contributed by atoms with E-state index >= 15 is 0 Å². The molecule has 4 heteroatoms. The fourth-order valence-corrected chi connectivity index (χ4v) is 3.55. The van der Waals surface area contributed by atoms with E-state index in [-0.39, 0.29) is 23.6 Å². The average molecular weight is 320 g/mol. The quantitative estimate of drug-likeness (QED) is 0.835. The van der Waals surface area contributed by atoms with Gasteiger partial charge in [0.25, 0.3) is 0 Å². The number of rotatable bonds is 3. The summed E-state index contributed by atoms with van der Waals surface area (Å²) in [7, 11) is 0. The van der Waals surface area contributed by atoms with Crippen LogP contribution in [0.1, 0.15) is 58.8 Å². The van der Waals surface area contributed by atoms with Crippen molar-refractivity contribution in [3.63, 3.8) is 0 Å². The van der Waals surface area contributed by atoms with Gasteiger partial charge in [-0.2, -0.15) is 0 Å². The SMILES string of the molecule is CC(C)Oc1ccc([C@H]2OCC[C@@]3(CCOC(C)(C)C3)O2)cc1. The lowest BCUT2D eigenvalue weighted by Gasteiger charge is -2.48. The third-order valence-corrected chi connectivity index (χ3v) is 4.51. The van der Waals surface area contributed by atoms with Crippen LogP contribution in [0.3, 0.4) is 0 Å². The molecular weight excluding hydrogens is 292 g/mol. The monoisotopic (exact) mass is 320 g/mol. The van der Waals surface area contributed by atoms with Gasteiger partial charge in [0.05, 0.1) is 30.5 Å². The van der Waals surface area contributed by atoms with Crippen LogP contribution in [0.5, 0.6) is 5.75 Å². The van der Waals surface area contributed by atoms with Gasteiger partial charge in [-0.25, -0.2) is 0 Å². The molecule has 23 heavy (non-hydrogen) atoms. The molecule has 4 nitrogen and oxygen atoms in total. The van der Waals surface area contributed by atoms with Crippen LogP contribution in [0.25, 0.3) is 0 Å². The predicted molar refractivity (Wildman–Crippen MR) is 88.6 cm³/mol. The summed E-state index contributed by atoms with van der Waals surface area (Å²) in [5.41, 5.74) is 0.789. The van der Waals surface area contributed by atoms with Crippen molar-refractivity contribution in [2.45, 2.75) is 70.6 Å². The first-order valence-electron chi connectivity index (χ1n) is 8.58. The zero-order valence-corrected chi connectivity index (χ0v) is 14.6. The minimum atomic E-state index is -0.300. The van der Waals surface area contributed by atoms with Crippen molar-refractivity contribution in [3.05, 3.63) is 29.8 Å². The van der Waals surface area contributed by atoms with Crippen LogP contribution in [-0.2, 0) is 14.2 Å². The van der Waals surface area contributed by atoms with Gasteiger partial charge in [-0.05, 0) is 39.8 Å². The Labute approximate surface area is 139 Å². The summed E-state index contributed by atoms with van der Waals surface area (Å²) in [6, 6.07) is 8.03. The van der Waals surface area contributed by atoms with Crippen LogP contribution in [0.4, 0.5) is 0 Å². The molecule has 2 fully saturated rings. The maximum Gasteiger partial charge on any atom is 0.184 e. The second-order valence-electron chi connectivity index (χ2n) is 7.52. The molecule has 1 aromatic rings. The Bertz CT molecular complexity index is 519. The van der Waals surface area contributed by atoms with Gasteiger partial charge in [-0.1, -0.05) is 12.1 Å². The van der Waals surface area contributed by atoms with E-state index in [1.807, 2.05) is 38.1 Å². The molecule has 2 saturated heterocycles. The van der Waals surface area contributed by atoms with E-state index in [1.165, 1.54) is 0 Å². The molecule has 0 saturated carbocycles. The Hall–Kier alpha value is -1.10. The van der Waals surface area contributed by atoms with E-state index in [0.717, 1.165) is 43.8 Å². The van der Waals surface area contributed by atoms with Crippen molar-refractivity contribution in [1.29, 1.82) is 0 Å². The minimum Gasteiger partial charge on any atom is -0.491 e. The zero-order valence-electron chi connectivity index (χ0n) is 14.6. The van der Waals surface area contributed by atoms with Crippen LogP contribution in [0, 0.1) is 0 Å². The molecule has 0 aromatic heterocycles. The summed E-state index contributed by atoms with van der Waals surface area (Å²) >= 11 is 0. The van der Waals surface area contributed by atoms with Crippen molar-refractivity contribution >= 4 is 0 Å². The normalized spacial score (nSPS) is 30.6. The molecule has 1 spiro atoms. The van der Waals surface area contributed by atoms with E-state index < -0.39 is 0 Å². The molecule has 0 unspecified atom stereocenters. The maximum atomic E-state index is 6.41. The number of hydrogen-bond acceptors (Lipinski definition) is 4. The maximum absolute atomic E-state index is 6.41. The molecule has 0 amide bonds. The summed E-state index contributed by atoms with van der Waals surface area (Å²) < 4.78 is 23.8. The van der Waals surface area contributed by atoms with Crippen LogP contribution in [-0.4, -0.2) is 30.5 Å². The highest BCUT2D eigenvalue weighted by molar-refractivity contribution is 5.28. The smallest absolute Gasteiger partial charge is 0.184 e. The van der Waals surface area contributed by atoms with Gasteiger partial charge in [-0.3, -0.25) is 0 Å². The summed E-state index contributed by atoms with van der Waals surface area (Å²) in [5, 5.41) is 0. The first kappa shape index (κ1) is 16.7. The summed E-state index contributed by atoms with van der Waals surface area (Å²) in [6.07, 6.45) is 2.66. The number of hydrogen-bond donors (Lipinski definition) is 0. The molecular formula is C19H28O4. The van der Waals surface area contributed by atoms with E-state index in [9.17, 15) is 0 Å². The molecule has 2 aliphatic heterocycles. The largest absolute Gasteiger partial charge is 0.491 e. The number of benzene rings is 1. The Kier molecular flexibility index (Phi) is 4.68. The average Bonchev–Trinajstić information content (AvgIpc) is 2.46. The molecule has 0 bridgehead atoms. The molecule has 0 N–H and O–H groups in total. The van der Waals surface area contributed by atoms with Crippen LogP contribution >= 0.6 is 0 Å². The van der Waals surface area contributed by atoms with Gasteiger partial charge in [0.2, 0.25) is 0 Å². The minimum absolute atomic E-state index is 0.127. The summed E-state index contributed by atoms with van der Waals surface area (Å²) in [6.45, 7) is 9.81. The topological polar surface area (TPSA) is 36.9 Å². The van der Waals surface area contributed by atoms with Gasteiger partial charge < -0.3 is 18.9 Å². The molecule has 2 aliphatic rings. The highest BCUT2D eigenvalue weighted by atomic mass is 16.7. The lowest BCUT2D eigenvalue weighted by molar-refractivity contribution is -0.293. The van der Waals surface area contributed by atoms with Gasteiger partial charge >= 0.3 is 0 Å². The van der Waals surface area contributed by atoms with Crippen LogP contribution in [0.2, 0.25) is 0 Å². The predicted octanol–water partition coefficient (Wildman–Crippen LogP) is 4.24. The second kappa shape index (κ2) is 6.42. The van der Waals surface area contributed by atoms with E-state index in [1.54, 1.807) is 0 Å². The number of ether oxygens (including phenoxy) is 4. The summed E-state index contributed by atoms with van der Waals surface area (Å²) in [4.78, 5) is 0. The van der Waals surface area contributed by atoms with Crippen molar-refractivity contribution in [2.24, 2.45) is 0 Å². The van der Waals surface area contributed by atoms with Crippen LogP contribution in [0.15, 0.2) is 24.3 Å². The standard InChI is InChI=1S/C19H28O4/c1-14(2)22-16-7-5-15(6-8-16)17-20-11-9-19(23-17)10-12-21-18(3,4)13-19/h5-8,14,17H,9-13H2,1-4H3/t17-,19-/m0/s1.